The minimum Gasteiger partial charge on any atom is -0.324 e. The van der Waals surface area contributed by atoms with Gasteiger partial charge in [-0.2, -0.15) is 11.8 Å². The smallest absolute Gasteiger partial charge is 0.241 e. The zero-order valence-electron chi connectivity index (χ0n) is 10.00. The van der Waals surface area contributed by atoms with Crippen molar-refractivity contribution in [1.29, 1.82) is 0 Å². The highest BCUT2D eigenvalue weighted by Crippen LogP contribution is 2.18. The van der Waals surface area contributed by atoms with Gasteiger partial charge in [-0.05, 0) is 65.6 Å². The van der Waals surface area contributed by atoms with E-state index in [1.165, 1.54) is 0 Å². The second-order valence-corrected chi connectivity index (χ2v) is 6.07. The molecule has 0 bridgehead atoms. The number of nitrogens with two attached hydrogens (primary N) is 1. The normalized spacial score (nSPS) is 12.2. The molecule has 0 spiro atoms. The standard InChI is InChI=1S/C12H17IN2OS/c1-8-3-4-9(13)7-11(8)15-12(16)10(14)5-6-17-2/h3-4,7,10H,5-6,14H2,1-2H3,(H,15,16)/t10-/m0/s1. The number of aryl methyl sites for hydroxylation is 1. The van der Waals surface area contributed by atoms with Crippen LogP contribution in [0.3, 0.4) is 0 Å². The zero-order chi connectivity index (χ0) is 12.8. The van der Waals surface area contributed by atoms with Crippen molar-refractivity contribution in [1.82, 2.24) is 0 Å². The Bertz CT molecular complexity index is 398. The number of carbonyl (C=O) groups excluding carboxylic acids is 1. The van der Waals surface area contributed by atoms with Crippen molar-refractivity contribution in [2.45, 2.75) is 19.4 Å². The molecule has 0 aromatic heterocycles. The Morgan fingerprint density at radius 3 is 2.94 bits per heavy atom. The van der Waals surface area contributed by atoms with Crippen molar-refractivity contribution in [3.05, 3.63) is 27.3 Å². The van der Waals surface area contributed by atoms with E-state index in [1.54, 1.807) is 11.8 Å². The summed E-state index contributed by atoms with van der Waals surface area (Å²) < 4.78 is 1.10. The van der Waals surface area contributed by atoms with Gasteiger partial charge in [-0.1, -0.05) is 6.07 Å². The molecule has 1 aromatic rings. The van der Waals surface area contributed by atoms with Gasteiger partial charge in [0.2, 0.25) is 5.91 Å². The van der Waals surface area contributed by atoms with Crippen LogP contribution in [0.5, 0.6) is 0 Å². The van der Waals surface area contributed by atoms with Crippen LogP contribution in [0.25, 0.3) is 0 Å². The van der Waals surface area contributed by atoms with Crippen LogP contribution in [0.1, 0.15) is 12.0 Å². The Kier molecular flexibility index (Phi) is 6.29. The summed E-state index contributed by atoms with van der Waals surface area (Å²) in [6.45, 7) is 1.97. The molecule has 0 unspecified atom stereocenters. The highest BCUT2D eigenvalue weighted by atomic mass is 127. The van der Waals surface area contributed by atoms with Crippen molar-refractivity contribution in [3.8, 4) is 0 Å². The van der Waals surface area contributed by atoms with E-state index in [9.17, 15) is 4.79 Å². The maximum atomic E-state index is 11.8. The number of rotatable bonds is 5. The monoisotopic (exact) mass is 364 g/mol. The summed E-state index contributed by atoms with van der Waals surface area (Å²) in [6, 6.07) is 5.53. The third-order valence-electron chi connectivity index (χ3n) is 2.43. The molecule has 0 heterocycles. The van der Waals surface area contributed by atoms with Gasteiger partial charge in [0, 0.05) is 9.26 Å². The maximum Gasteiger partial charge on any atom is 0.241 e. The van der Waals surface area contributed by atoms with E-state index in [4.69, 9.17) is 5.73 Å². The number of nitrogens with one attached hydrogen (secondary N) is 1. The third kappa shape index (κ3) is 4.85. The van der Waals surface area contributed by atoms with Crippen LogP contribution in [0.2, 0.25) is 0 Å². The summed E-state index contributed by atoms with van der Waals surface area (Å²) in [5.41, 5.74) is 7.71. The van der Waals surface area contributed by atoms with Crippen molar-refractivity contribution in [3.63, 3.8) is 0 Å². The summed E-state index contributed by atoms with van der Waals surface area (Å²) in [7, 11) is 0. The Balaban J connectivity index is 2.64. The molecule has 0 aliphatic carbocycles. The van der Waals surface area contributed by atoms with Crippen LogP contribution in [-0.4, -0.2) is 24.0 Å². The number of thioether (sulfide) groups is 1. The molecule has 0 radical (unpaired) electrons. The molecule has 0 saturated carbocycles. The number of halogens is 1. The van der Waals surface area contributed by atoms with Crippen LogP contribution >= 0.6 is 34.4 Å². The number of hydrogen-bond acceptors (Lipinski definition) is 3. The average Bonchev–Trinajstić information content (AvgIpc) is 2.30. The van der Waals surface area contributed by atoms with Gasteiger partial charge in [0.1, 0.15) is 0 Å². The van der Waals surface area contributed by atoms with Crippen LogP contribution in [0.4, 0.5) is 5.69 Å². The van der Waals surface area contributed by atoms with Gasteiger partial charge >= 0.3 is 0 Å². The van der Waals surface area contributed by atoms with E-state index >= 15 is 0 Å². The Labute approximate surface area is 120 Å². The summed E-state index contributed by atoms with van der Waals surface area (Å²) in [6.07, 6.45) is 2.71. The number of hydrogen-bond donors (Lipinski definition) is 2. The highest BCUT2D eigenvalue weighted by molar-refractivity contribution is 14.1. The first kappa shape index (κ1) is 14.8. The number of benzene rings is 1. The van der Waals surface area contributed by atoms with Crippen LogP contribution in [0.15, 0.2) is 18.2 Å². The molecule has 0 saturated heterocycles. The lowest BCUT2D eigenvalue weighted by Gasteiger charge is -2.13. The predicted octanol–water partition coefficient (Wildman–Crippen LogP) is 2.62. The average molecular weight is 364 g/mol. The van der Waals surface area contributed by atoms with Gasteiger partial charge in [-0.25, -0.2) is 0 Å². The maximum absolute atomic E-state index is 11.8. The van der Waals surface area contributed by atoms with E-state index in [2.05, 4.69) is 27.9 Å². The lowest BCUT2D eigenvalue weighted by atomic mass is 10.1. The van der Waals surface area contributed by atoms with Crippen LogP contribution in [-0.2, 0) is 4.79 Å². The molecule has 0 aliphatic heterocycles. The Morgan fingerprint density at radius 1 is 1.59 bits per heavy atom. The molecule has 1 rings (SSSR count). The van der Waals surface area contributed by atoms with Gasteiger partial charge in [0.25, 0.3) is 0 Å². The van der Waals surface area contributed by atoms with E-state index < -0.39 is 6.04 Å². The van der Waals surface area contributed by atoms with E-state index in [1.807, 2.05) is 31.4 Å². The summed E-state index contributed by atoms with van der Waals surface area (Å²) >= 11 is 3.92. The first-order chi connectivity index (χ1) is 8.04. The largest absolute Gasteiger partial charge is 0.324 e. The van der Waals surface area contributed by atoms with Crippen LogP contribution < -0.4 is 11.1 Å². The molecule has 17 heavy (non-hydrogen) atoms. The van der Waals surface area contributed by atoms with Gasteiger partial charge in [0.15, 0.2) is 0 Å². The zero-order valence-corrected chi connectivity index (χ0v) is 13.0. The number of amides is 1. The molecule has 0 fully saturated rings. The van der Waals surface area contributed by atoms with E-state index in [0.29, 0.717) is 6.42 Å². The molecule has 1 aromatic carbocycles. The van der Waals surface area contributed by atoms with Gasteiger partial charge in [0.05, 0.1) is 6.04 Å². The Morgan fingerprint density at radius 2 is 2.29 bits per heavy atom. The van der Waals surface area contributed by atoms with E-state index in [0.717, 1.165) is 20.6 Å². The minimum absolute atomic E-state index is 0.107. The molecule has 5 heteroatoms. The van der Waals surface area contributed by atoms with Crippen molar-refractivity contribution >= 4 is 45.9 Å². The number of anilines is 1. The summed E-state index contributed by atoms with van der Waals surface area (Å²) in [4.78, 5) is 11.8. The van der Waals surface area contributed by atoms with Gasteiger partial charge < -0.3 is 11.1 Å². The minimum atomic E-state index is -0.431. The molecule has 94 valence electrons. The first-order valence-corrected chi connectivity index (χ1v) is 7.83. The fourth-order valence-corrected chi connectivity index (χ4v) is 2.31. The number of carbonyl (C=O) groups is 1. The van der Waals surface area contributed by atoms with Crippen molar-refractivity contribution in [2.24, 2.45) is 5.73 Å². The van der Waals surface area contributed by atoms with Crippen molar-refractivity contribution in [2.75, 3.05) is 17.3 Å². The lowest BCUT2D eigenvalue weighted by molar-refractivity contribution is -0.117. The molecule has 0 aliphatic rings. The fraction of sp³-hybridized carbons (Fsp3) is 0.417. The third-order valence-corrected chi connectivity index (χ3v) is 3.74. The van der Waals surface area contributed by atoms with Gasteiger partial charge in [-0.15, -0.1) is 0 Å². The first-order valence-electron chi connectivity index (χ1n) is 5.36. The van der Waals surface area contributed by atoms with E-state index in [-0.39, 0.29) is 5.91 Å². The van der Waals surface area contributed by atoms with Crippen molar-refractivity contribution < 1.29 is 4.79 Å². The lowest BCUT2D eigenvalue weighted by Crippen LogP contribution is -2.36. The quantitative estimate of drug-likeness (QED) is 0.790. The highest BCUT2D eigenvalue weighted by Gasteiger charge is 2.13. The molecule has 1 atom stereocenters. The SMILES string of the molecule is CSCC[C@H](N)C(=O)Nc1cc(I)ccc1C. The second-order valence-electron chi connectivity index (χ2n) is 3.84. The Hall–Kier alpha value is -0.270. The molecule has 1 amide bonds. The van der Waals surface area contributed by atoms with Crippen LogP contribution in [0, 0.1) is 10.5 Å². The summed E-state index contributed by atoms with van der Waals surface area (Å²) in [5, 5.41) is 2.88. The fourth-order valence-electron chi connectivity index (χ4n) is 1.33. The topological polar surface area (TPSA) is 55.1 Å². The second kappa shape index (κ2) is 7.23. The summed E-state index contributed by atoms with van der Waals surface area (Å²) in [5.74, 6) is 0.795. The molecule has 3 nitrogen and oxygen atoms in total. The molecule has 3 N–H and O–H groups in total. The van der Waals surface area contributed by atoms with Gasteiger partial charge in [-0.3, -0.25) is 4.79 Å². The molecular weight excluding hydrogens is 347 g/mol. The molecular formula is C12H17IN2OS. The predicted molar refractivity (Wildman–Crippen MR) is 83.5 cm³/mol.